The van der Waals surface area contributed by atoms with Crippen LogP contribution in [-0.2, 0) is 0 Å². The maximum atomic E-state index is 5.91. The van der Waals surface area contributed by atoms with E-state index in [4.69, 9.17) is 17.3 Å². The van der Waals surface area contributed by atoms with Gasteiger partial charge in [0.25, 0.3) is 0 Å². The Balaban J connectivity index is 2.59. The predicted octanol–water partition coefficient (Wildman–Crippen LogP) is 3.75. The third kappa shape index (κ3) is 2.13. The van der Waals surface area contributed by atoms with E-state index in [2.05, 4.69) is 20.9 Å². The van der Waals surface area contributed by atoms with Gasteiger partial charge in [0.15, 0.2) is 0 Å². The molecule has 76 valence electrons. The largest absolute Gasteiger partial charge is 0.398 e. The van der Waals surface area contributed by atoms with E-state index in [0.717, 1.165) is 15.7 Å². The van der Waals surface area contributed by atoms with Crippen LogP contribution in [0.1, 0.15) is 0 Å². The molecular formula is C11H8BrClN2. The molecule has 0 saturated heterocycles. The summed E-state index contributed by atoms with van der Waals surface area (Å²) in [5.41, 5.74) is 8.19. The van der Waals surface area contributed by atoms with Crippen LogP contribution < -0.4 is 5.73 Å². The lowest BCUT2D eigenvalue weighted by Crippen LogP contribution is -1.91. The Kier molecular flexibility index (Phi) is 2.93. The van der Waals surface area contributed by atoms with Crippen molar-refractivity contribution in [3.63, 3.8) is 0 Å². The second-order valence-corrected chi connectivity index (χ2v) is 4.30. The summed E-state index contributed by atoms with van der Waals surface area (Å²) in [4.78, 5) is 4.26. The number of nitrogens with zero attached hydrogens (tertiary/aromatic N) is 1. The number of nitrogen functional groups attached to an aromatic ring is 1. The molecule has 0 aliphatic rings. The van der Waals surface area contributed by atoms with E-state index in [9.17, 15) is 0 Å². The molecule has 1 heterocycles. The molecular weight excluding hydrogens is 275 g/mol. The summed E-state index contributed by atoms with van der Waals surface area (Å²) in [6.45, 7) is 0. The lowest BCUT2D eigenvalue weighted by atomic mass is 10.1. The van der Waals surface area contributed by atoms with Crippen molar-refractivity contribution in [3.05, 3.63) is 46.0 Å². The van der Waals surface area contributed by atoms with Gasteiger partial charge in [-0.25, -0.2) is 0 Å². The van der Waals surface area contributed by atoms with Gasteiger partial charge in [-0.3, -0.25) is 4.98 Å². The highest BCUT2D eigenvalue weighted by atomic mass is 79.9. The van der Waals surface area contributed by atoms with E-state index in [-0.39, 0.29) is 0 Å². The van der Waals surface area contributed by atoms with Crippen molar-refractivity contribution in [3.8, 4) is 11.3 Å². The predicted molar refractivity (Wildman–Crippen MR) is 66.8 cm³/mol. The molecule has 2 N–H and O–H groups in total. The summed E-state index contributed by atoms with van der Waals surface area (Å²) in [5, 5.41) is 0.684. The van der Waals surface area contributed by atoms with Gasteiger partial charge in [-0.1, -0.05) is 23.7 Å². The van der Waals surface area contributed by atoms with Gasteiger partial charge in [0.2, 0.25) is 0 Å². The smallest absolute Gasteiger partial charge is 0.0865 e. The number of hydrogen-bond donors (Lipinski definition) is 1. The van der Waals surface area contributed by atoms with Gasteiger partial charge in [-0.05, 0) is 34.1 Å². The number of nitrogens with two attached hydrogens (primary N) is 1. The summed E-state index contributed by atoms with van der Waals surface area (Å²) >= 11 is 9.32. The summed E-state index contributed by atoms with van der Waals surface area (Å²) in [6.07, 6.45) is 1.68. The van der Waals surface area contributed by atoms with Crippen LogP contribution in [0.4, 0.5) is 5.69 Å². The Labute approximate surface area is 101 Å². The van der Waals surface area contributed by atoms with Crippen molar-refractivity contribution < 1.29 is 0 Å². The summed E-state index contributed by atoms with van der Waals surface area (Å²) in [5.74, 6) is 0. The molecule has 2 nitrogen and oxygen atoms in total. The number of halogens is 2. The van der Waals surface area contributed by atoms with Gasteiger partial charge in [-0.2, -0.15) is 0 Å². The quantitative estimate of drug-likeness (QED) is 0.866. The number of hydrogen-bond acceptors (Lipinski definition) is 2. The summed E-state index contributed by atoms with van der Waals surface area (Å²) in [7, 11) is 0. The topological polar surface area (TPSA) is 38.9 Å². The van der Waals surface area contributed by atoms with Gasteiger partial charge < -0.3 is 5.73 Å². The second kappa shape index (κ2) is 4.21. The van der Waals surface area contributed by atoms with Crippen LogP contribution in [0.5, 0.6) is 0 Å². The molecule has 2 rings (SSSR count). The Morgan fingerprint density at radius 3 is 2.80 bits per heavy atom. The van der Waals surface area contributed by atoms with Crippen molar-refractivity contribution in [1.29, 1.82) is 0 Å². The minimum Gasteiger partial charge on any atom is -0.398 e. The number of pyridine rings is 1. The fourth-order valence-electron chi connectivity index (χ4n) is 1.30. The summed E-state index contributed by atoms with van der Waals surface area (Å²) in [6, 6.07) is 9.25. The molecule has 0 bridgehead atoms. The molecule has 1 aromatic carbocycles. The van der Waals surface area contributed by atoms with Crippen LogP contribution in [0.2, 0.25) is 5.02 Å². The number of aromatic nitrogens is 1. The molecule has 1 aromatic heterocycles. The molecule has 0 radical (unpaired) electrons. The lowest BCUT2D eigenvalue weighted by molar-refractivity contribution is 1.31. The first kappa shape index (κ1) is 10.5. The maximum Gasteiger partial charge on any atom is 0.0865 e. The zero-order chi connectivity index (χ0) is 10.8. The third-order valence-electron chi connectivity index (χ3n) is 2.02. The molecule has 2 aromatic rings. The molecule has 0 aliphatic carbocycles. The minimum atomic E-state index is 0.667. The average Bonchev–Trinajstić information content (AvgIpc) is 2.22. The molecule has 0 aliphatic heterocycles. The standard InChI is InChI=1S/C11H8BrClN2/c12-10-9(14)4-5-15-11(10)7-2-1-3-8(13)6-7/h1-6H,(H2,14,15). The van der Waals surface area contributed by atoms with E-state index >= 15 is 0 Å². The monoisotopic (exact) mass is 282 g/mol. The van der Waals surface area contributed by atoms with Crippen molar-refractivity contribution in [2.75, 3.05) is 5.73 Å². The Morgan fingerprint density at radius 2 is 2.07 bits per heavy atom. The van der Waals surface area contributed by atoms with Crippen LogP contribution in [0.3, 0.4) is 0 Å². The highest BCUT2D eigenvalue weighted by Crippen LogP contribution is 2.31. The molecule has 0 amide bonds. The van der Waals surface area contributed by atoms with Crippen molar-refractivity contribution in [2.24, 2.45) is 0 Å². The zero-order valence-electron chi connectivity index (χ0n) is 7.74. The fourth-order valence-corrected chi connectivity index (χ4v) is 1.95. The average molecular weight is 284 g/mol. The second-order valence-electron chi connectivity index (χ2n) is 3.07. The van der Waals surface area contributed by atoms with Crippen molar-refractivity contribution >= 4 is 33.2 Å². The Bertz CT molecular complexity index is 500. The third-order valence-corrected chi connectivity index (χ3v) is 3.09. The van der Waals surface area contributed by atoms with Crippen molar-refractivity contribution in [1.82, 2.24) is 4.98 Å². The van der Waals surface area contributed by atoms with Gasteiger partial charge in [-0.15, -0.1) is 0 Å². The highest BCUT2D eigenvalue weighted by molar-refractivity contribution is 9.10. The minimum absolute atomic E-state index is 0.667. The first-order chi connectivity index (χ1) is 7.18. The molecule has 0 spiro atoms. The van der Waals surface area contributed by atoms with Gasteiger partial charge in [0.05, 0.1) is 10.2 Å². The van der Waals surface area contributed by atoms with E-state index in [1.807, 2.05) is 24.3 Å². The first-order valence-corrected chi connectivity index (χ1v) is 5.51. The first-order valence-electron chi connectivity index (χ1n) is 4.34. The van der Waals surface area contributed by atoms with Crippen LogP contribution in [-0.4, -0.2) is 4.98 Å². The van der Waals surface area contributed by atoms with Crippen LogP contribution >= 0.6 is 27.5 Å². The van der Waals surface area contributed by atoms with Gasteiger partial charge in [0, 0.05) is 22.5 Å². The number of anilines is 1. The van der Waals surface area contributed by atoms with E-state index in [0.29, 0.717) is 10.7 Å². The summed E-state index contributed by atoms with van der Waals surface area (Å²) < 4.78 is 0.798. The fraction of sp³-hybridized carbons (Fsp3) is 0. The number of benzene rings is 1. The molecule has 4 heteroatoms. The van der Waals surface area contributed by atoms with Gasteiger partial charge >= 0.3 is 0 Å². The Hall–Kier alpha value is -1.06. The van der Waals surface area contributed by atoms with Crippen LogP contribution in [0, 0.1) is 0 Å². The Morgan fingerprint density at radius 1 is 1.27 bits per heavy atom. The number of rotatable bonds is 1. The van der Waals surface area contributed by atoms with Crippen molar-refractivity contribution in [2.45, 2.75) is 0 Å². The van der Waals surface area contributed by atoms with Gasteiger partial charge in [0.1, 0.15) is 0 Å². The van der Waals surface area contributed by atoms with E-state index in [1.54, 1.807) is 12.3 Å². The molecule has 0 unspecified atom stereocenters. The molecule has 0 fully saturated rings. The maximum absolute atomic E-state index is 5.91. The van der Waals surface area contributed by atoms with Crippen LogP contribution in [0.25, 0.3) is 11.3 Å². The zero-order valence-corrected chi connectivity index (χ0v) is 10.1. The normalized spacial score (nSPS) is 10.3. The molecule has 0 atom stereocenters. The lowest BCUT2D eigenvalue weighted by Gasteiger charge is -2.05. The molecule has 0 saturated carbocycles. The van der Waals surface area contributed by atoms with E-state index < -0.39 is 0 Å². The highest BCUT2D eigenvalue weighted by Gasteiger charge is 2.07. The SMILES string of the molecule is Nc1ccnc(-c2cccc(Cl)c2)c1Br. The molecule has 15 heavy (non-hydrogen) atoms. The van der Waals surface area contributed by atoms with Crippen LogP contribution in [0.15, 0.2) is 41.0 Å². The van der Waals surface area contributed by atoms with E-state index in [1.165, 1.54) is 0 Å².